The Kier molecular flexibility index (Phi) is 5.85. The van der Waals surface area contributed by atoms with E-state index in [9.17, 15) is 9.59 Å². The molecular weight excluding hydrogens is 372 g/mol. The molecule has 2 aromatic carbocycles. The van der Waals surface area contributed by atoms with Gasteiger partial charge in [0.25, 0.3) is 0 Å². The van der Waals surface area contributed by atoms with Crippen LogP contribution in [-0.2, 0) is 10.5 Å². The highest BCUT2D eigenvalue weighted by Crippen LogP contribution is 2.27. The Hall–Kier alpha value is -2.44. The van der Waals surface area contributed by atoms with E-state index < -0.39 is 0 Å². The number of aromatic nitrogens is 1. The number of hydrogen-bond acceptors (Lipinski definition) is 4. The number of hydrogen-bond donors (Lipinski definition) is 2. The van der Waals surface area contributed by atoms with Gasteiger partial charge in [0.15, 0.2) is 5.43 Å². The molecule has 1 aromatic heterocycles. The highest BCUT2D eigenvalue weighted by Gasteiger charge is 2.07. The summed E-state index contributed by atoms with van der Waals surface area (Å²) in [6, 6.07) is 14.0. The first-order valence-electron chi connectivity index (χ1n) is 7.89. The van der Waals surface area contributed by atoms with Gasteiger partial charge in [-0.05, 0) is 30.3 Å². The van der Waals surface area contributed by atoms with Crippen LogP contribution in [0, 0.1) is 0 Å². The molecule has 0 bridgehead atoms. The molecule has 3 rings (SSSR count). The molecule has 0 aliphatic carbocycles. The monoisotopic (exact) mass is 388 g/mol. The lowest BCUT2D eigenvalue weighted by molar-refractivity contribution is -0.113. The maximum Gasteiger partial charge on any atom is 0.234 e. The van der Waals surface area contributed by atoms with Gasteiger partial charge < -0.3 is 15.0 Å². The summed E-state index contributed by atoms with van der Waals surface area (Å²) in [5, 5.41) is 3.89. The minimum absolute atomic E-state index is 0.0210. The zero-order valence-electron chi connectivity index (χ0n) is 14.0. The number of anilines is 1. The van der Waals surface area contributed by atoms with Crippen molar-refractivity contribution in [2.45, 2.75) is 5.75 Å². The minimum atomic E-state index is -0.139. The number of aromatic amines is 1. The van der Waals surface area contributed by atoms with Crippen molar-refractivity contribution in [3.05, 3.63) is 69.5 Å². The highest BCUT2D eigenvalue weighted by molar-refractivity contribution is 7.99. The first kappa shape index (κ1) is 18.4. The van der Waals surface area contributed by atoms with Crippen LogP contribution >= 0.6 is 23.4 Å². The van der Waals surface area contributed by atoms with Gasteiger partial charge in [-0.1, -0.05) is 23.7 Å². The molecule has 2 N–H and O–H groups in total. The van der Waals surface area contributed by atoms with Crippen molar-refractivity contribution in [1.82, 2.24) is 4.98 Å². The maximum absolute atomic E-state index is 12.1. The molecule has 0 spiro atoms. The van der Waals surface area contributed by atoms with Crippen molar-refractivity contribution < 1.29 is 9.53 Å². The summed E-state index contributed by atoms with van der Waals surface area (Å²) in [5.74, 6) is 1.22. The third-order valence-corrected chi connectivity index (χ3v) is 5.00. The second-order valence-corrected chi connectivity index (χ2v) is 6.99. The summed E-state index contributed by atoms with van der Waals surface area (Å²) in [5.41, 5.74) is 2.18. The molecular formula is C19H17ClN2O3S. The molecule has 3 aromatic rings. The Morgan fingerprint density at radius 2 is 2.04 bits per heavy atom. The molecule has 1 amide bonds. The highest BCUT2D eigenvalue weighted by atomic mass is 35.5. The summed E-state index contributed by atoms with van der Waals surface area (Å²) in [6.45, 7) is 0. The van der Waals surface area contributed by atoms with Crippen LogP contribution in [0.4, 0.5) is 5.69 Å². The Morgan fingerprint density at radius 3 is 2.81 bits per heavy atom. The standard InChI is InChI=1S/C19H17ClN2O3S/c1-25-18-7-6-12(8-15(18)20)22-19(24)11-26-10-13-9-17(23)14-4-2-3-5-16(14)21-13/h2-9H,10-11H2,1H3,(H,21,23)(H,22,24). The Morgan fingerprint density at radius 1 is 1.23 bits per heavy atom. The average Bonchev–Trinajstić information content (AvgIpc) is 2.62. The molecule has 1 heterocycles. The van der Waals surface area contributed by atoms with E-state index in [0.717, 1.165) is 11.2 Å². The molecule has 26 heavy (non-hydrogen) atoms. The molecule has 0 radical (unpaired) electrons. The number of H-pyrrole nitrogens is 1. The van der Waals surface area contributed by atoms with Gasteiger partial charge in [0.2, 0.25) is 5.91 Å². The fraction of sp³-hybridized carbons (Fsp3) is 0.158. The molecule has 0 aliphatic heterocycles. The fourth-order valence-corrected chi connectivity index (χ4v) is 3.52. The lowest BCUT2D eigenvalue weighted by Crippen LogP contribution is -2.14. The predicted molar refractivity (Wildman–Crippen MR) is 107 cm³/mol. The Bertz CT molecular complexity index is 1000. The Balaban J connectivity index is 1.57. The van der Waals surface area contributed by atoms with Crippen LogP contribution in [0.3, 0.4) is 0 Å². The van der Waals surface area contributed by atoms with Crippen LogP contribution in [0.1, 0.15) is 5.69 Å². The SMILES string of the molecule is COc1ccc(NC(=O)CSCc2cc(=O)c3ccccc3[nH]2)cc1Cl. The van der Waals surface area contributed by atoms with E-state index in [4.69, 9.17) is 16.3 Å². The molecule has 0 saturated carbocycles. The number of benzene rings is 2. The third-order valence-electron chi connectivity index (χ3n) is 3.72. The quantitative estimate of drug-likeness (QED) is 0.668. The van der Waals surface area contributed by atoms with Crippen LogP contribution < -0.4 is 15.5 Å². The van der Waals surface area contributed by atoms with Gasteiger partial charge in [-0.3, -0.25) is 9.59 Å². The number of pyridine rings is 1. The minimum Gasteiger partial charge on any atom is -0.495 e. The number of para-hydroxylation sites is 1. The molecule has 0 saturated heterocycles. The summed E-state index contributed by atoms with van der Waals surface area (Å²) < 4.78 is 5.08. The van der Waals surface area contributed by atoms with Crippen LogP contribution in [0.5, 0.6) is 5.75 Å². The van der Waals surface area contributed by atoms with Gasteiger partial charge in [-0.15, -0.1) is 11.8 Å². The van der Waals surface area contributed by atoms with E-state index in [1.807, 2.05) is 18.2 Å². The number of ether oxygens (including phenoxy) is 1. The number of nitrogens with one attached hydrogen (secondary N) is 2. The summed E-state index contributed by atoms with van der Waals surface area (Å²) in [4.78, 5) is 27.4. The van der Waals surface area contributed by atoms with Crippen LogP contribution in [0.2, 0.25) is 5.02 Å². The number of thioether (sulfide) groups is 1. The van der Waals surface area contributed by atoms with Crippen LogP contribution in [0.15, 0.2) is 53.3 Å². The summed E-state index contributed by atoms with van der Waals surface area (Å²) in [7, 11) is 1.53. The summed E-state index contributed by atoms with van der Waals surface area (Å²) >= 11 is 7.47. The third kappa shape index (κ3) is 4.39. The van der Waals surface area contributed by atoms with Crippen molar-refractivity contribution in [2.75, 3.05) is 18.2 Å². The molecule has 7 heteroatoms. The number of amides is 1. The predicted octanol–water partition coefficient (Wildman–Crippen LogP) is 4.06. The van der Waals surface area contributed by atoms with E-state index in [1.54, 1.807) is 30.3 Å². The zero-order valence-corrected chi connectivity index (χ0v) is 15.6. The van der Waals surface area contributed by atoms with Gasteiger partial charge in [0, 0.05) is 34.1 Å². The van der Waals surface area contributed by atoms with E-state index in [-0.39, 0.29) is 17.1 Å². The van der Waals surface area contributed by atoms with Gasteiger partial charge in [0.05, 0.1) is 17.9 Å². The fourth-order valence-electron chi connectivity index (χ4n) is 2.52. The van der Waals surface area contributed by atoms with E-state index in [2.05, 4.69) is 10.3 Å². The van der Waals surface area contributed by atoms with Gasteiger partial charge in [-0.2, -0.15) is 0 Å². The normalized spacial score (nSPS) is 10.7. The van der Waals surface area contributed by atoms with E-state index >= 15 is 0 Å². The molecule has 0 fully saturated rings. The average molecular weight is 389 g/mol. The molecule has 5 nitrogen and oxygen atoms in total. The molecule has 0 atom stereocenters. The van der Waals surface area contributed by atoms with Crippen molar-refractivity contribution in [3.63, 3.8) is 0 Å². The van der Waals surface area contributed by atoms with Gasteiger partial charge in [0.1, 0.15) is 5.75 Å². The lowest BCUT2D eigenvalue weighted by atomic mass is 10.2. The zero-order chi connectivity index (χ0) is 18.5. The van der Waals surface area contributed by atoms with Crippen molar-refractivity contribution >= 4 is 45.9 Å². The van der Waals surface area contributed by atoms with Gasteiger partial charge >= 0.3 is 0 Å². The lowest BCUT2D eigenvalue weighted by Gasteiger charge is -2.08. The first-order valence-corrected chi connectivity index (χ1v) is 9.42. The Labute approximate surface area is 159 Å². The van der Waals surface area contributed by atoms with E-state index in [1.165, 1.54) is 18.9 Å². The molecule has 134 valence electrons. The topological polar surface area (TPSA) is 71.2 Å². The van der Waals surface area contributed by atoms with Crippen molar-refractivity contribution in [2.24, 2.45) is 0 Å². The van der Waals surface area contributed by atoms with Crippen LogP contribution in [0.25, 0.3) is 10.9 Å². The number of rotatable bonds is 6. The number of carbonyl (C=O) groups excluding carboxylic acids is 1. The number of fused-ring (bicyclic) bond motifs is 1. The second kappa shape index (κ2) is 8.29. The number of methoxy groups -OCH3 is 1. The molecule has 0 unspecified atom stereocenters. The maximum atomic E-state index is 12.1. The second-order valence-electron chi connectivity index (χ2n) is 5.59. The number of carbonyl (C=O) groups is 1. The van der Waals surface area contributed by atoms with Crippen molar-refractivity contribution in [3.8, 4) is 5.75 Å². The van der Waals surface area contributed by atoms with Crippen LogP contribution in [-0.4, -0.2) is 23.8 Å². The summed E-state index contributed by atoms with van der Waals surface area (Å²) in [6.07, 6.45) is 0. The van der Waals surface area contributed by atoms with Crippen molar-refractivity contribution in [1.29, 1.82) is 0 Å². The smallest absolute Gasteiger partial charge is 0.234 e. The largest absolute Gasteiger partial charge is 0.495 e. The first-order chi connectivity index (χ1) is 12.6. The molecule has 0 aliphatic rings. The number of halogens is 1. The van der Waals surface area contributed by atoms with E-state index in [0.29, 0.717) is 27.6 Å². The van der Waals surface area contributed by atoms with Gasteiger partial charge in [-0.25, -0.2) is 0 Å².